The van der Waals surface area contributed by atoms with Crippen molar-refractivity contribution < 1.29 is 19.4 Å². The number of carbonyl (C=O) groups is 1. The van der Waals surface area contributed by atoms with Gasteiger partial charge in [0, 0.05) is 42.7 Å². The van der Waals surface area contributed by atoms with Crippen molar-refractivity contribution in [3.05, 3.63) is 59.6 Å². The van der Waals surface area contributed by atoms with E-state index in [0.29, 0.717) is 25.9 Å². The molecular weight excluding hydrogens is 416 g/mol. The predicted octanol–water partition coefficient (Wildman–Crippen LogP) is 3.33. The molecule has 6 heteroatoms. The van der Waals surface area contributed by atoms with Crippen molar-refractivity contribution in [1.29, 1.82) is 0 Å². The third-order valence-electron chi connectivity index (χ3n) is 8.70. The number of aliphatic hydroxyl groups is 1. The van der Waals surface area contributed by atoms with Crippen LogP contribution in [0.2, 0.25) is 0 Å². The number of carbonyl (C=O) groups excluding carboxylic acids is 1. The number of likely N-dealkylation sites (tertiary alicyclic amines) is 2. The predicted molar refractivity (Wildman–Crippen MR) is 125 cm³/mol. The van der Waals surface area contributed by atoms with Crippen LogP contribution in [0.5, 0.6) is 5.75 Å². The summed E-state index contributed by atoms with van der Waals surface area (Å²) in [5.74, 6) is 0.985. The molecule has 3 fully saturated rings. The highest BCUT2D eigenvalue weighted by molar-refractivity contribution is 5.91. The van der Waals surface area contributed by atoms with Crippen LogP contribution in [-0.4, -0.2) is 63.7 Å². The van der Waals surface area contributed by atoms with Crippen LogP contribution in [0.1, 0.15) is 48.8 Å². The Hall–Kier alpha value is -2.57. The summed E-state index contributed by atoms with van der Waals surface area (Å²) >= 11 is 0. The molecule has 6 rings (SSSR count). The van der Waals surface area contributed by atoms with E-state index in [0.717, 1.165) is 43.0 Å². The quantitative estimate of drug-likeness (QED) is 0.702. The summed E-state index contributed by atoms with van der Waals surface area (Å²) in [5, 5.41) is 22.8. The molecule has 3 unspecified atom stereocenters. The number of nitrogens with zero attached hydrogens (tertiary/aromatic N) is 2. The van der Waals surface area contributed by atoms with E-state index in [1.807, 2.05) is 23.1 Å². The number of piperidine rings is 1. The molecule has 2 aliphatic carbocycles. The maximum atomic E-state index is 13.0. The second-order valence-corrected chi connectivity index (χ2v) is 10.5. The lowest BCUT2D eigenvalue weighted by Crippen LogP contribution is -2.71. The van der Waals surface area contributed by atoms with Gasteiger partial charge in [-0.05, 0) is 86.4 Å². The van der Waals surface area contributed by atoms with E-state index in [4.69, 9.17) is 4.42 Å². The minimum Gasteiger partial charge on any atom is -0.508 e. The van der Waals surface area contributed by atoms with E-state index in [1.54, 1.807) is 30.7 Å². The number of fused-ring (bicyclic) bond motifs is 1. The zero-order valence-corrected chi connectivity index (χ0v) is 18.9. The van der Waals surface area contributed by atoms with Gasteiger partial charge in [-0.15, -0.1) is 0 Å². The van der Waals surface area contributed by atoms with E-state index in [9.17, 15) is 15.0 Å². The molecule has 2 N–H and O–H groups in total. The highest BCUT2D eigenvalue weighted by atomic mass is 16.3. The number of aromatic hydroxyl groups is 1. The zero-order valence-electron chi connectivity index (χ0n) is 18.9. The topological polar surface area (TPSA) is 77.2 Å². The van der Waals surface area contributed by atoms with E-state index >= 15 is 0 Å². The molecule has 2 aromatic rings. The van der Waals surface area contributed by atoms with Crippen molar-refractivity contribution in [2.45, 2.75) is 55.6 Å². The normalized spacial score (nSPS) is 31.8. The second kappa shape index (κ2) is 7.74. The van der Waals surface area contributed by atoms with E-state index < -0.39 is 11.0 Å². The Labute approximate surface area is 194 Å². The highest BCUT2D eigenvalue weighted by Gasteiger charge is 2.63. The van der Waals surface area contributed by atoms with Crippen LogP contribution < -0.4 is 0 Å². The molecule has 6 nitrogen and oxygen atoms in total. The summed E-state index contributed by atoms with van der Waals surface area (Å²) in [6.07, 6.45) is 12.1. The fourth-order valence-corrected chi connectivity index (χ4v) is 6.73. The molecule has 2 aliphatic heterocycles. The van der Waals surface area contributed by atoms with Crippen molar-refractivity contribution in [2.75, 3.05) is 26.2 Å². The molecule has 2 saturated heterocycles. The van der Waals surface area contributed by atoms with Crippen LogP contribution in [-0.2, 0) is 16.6 Å². The summed E-state index contributed by atoms with van der Waals surface area (Å²) in [4.78, 5) is 17.4. The molecule has 33 heavy (non-hydrogen) atoms. The first-order chi connectivity index (χ1) is 16.0. The number of hydrogen-bond acceptors (Lipinski definition) is 5. The van der Waals surface area contributed by atoms with E-state index in [-0.39, 0.29) is 17.7 Å². The van der Waals surface area contributed by atoms with Gasteiger partial charge in [-0.2, -0.15) is 0 Å². The van der Waals surface area contributed by atoms with Crippen LogP contribution in [0.4, 0.5) is 0 Å². The third kappa shape index (κ3) is 3.42. The minimum absolute atomic E-state index is 0.0321. The van der Waals surface area contributed by atoms with Gasteiger partial charge in [0.05, 0.1) is 18.1 Å². The SMILES string of the molecule is O=C(/C=C/c1ccoc1)N1CCC23CCN(CC4CC4)C(Cc4ccc(O)cc42)C3(O)CC1. The zero-order chi connectivity index (χ0) is 22.6. The van der Waals surface area contributed by atoms with Crippen LogP contribution in [0.25, 0.3) is 6.08 Å². The molecule has 3 atom stereocenters. The van der Waals surface area contributed by atoms with Gasteiger partial charge in [-0.3, -0.25) is 9.69 Å². The van der Waals surface area contributed by atoms with Crippen molar-refractivity contribution in [1.82, 2.24) is 9.80 Å². The summed E-state index contributed by atoms with van der Waals surface area (Å²) in [7, 11) is 0. The third-order valence-corrected chi connectivity index (χ3v) is 8.70. The lowest BCUT2D eigenvalue weighted by molar-refractivity contribution is -0.149. The lowest BCUT2D eigenvalue weighted by Gasteiger charge is -2.61. The molecule has 2 bridgehead atoms. The van der Waals surface area contributed by atoms with Crippen LogP contribution in [0, 0.1) is 5.92 Å². The number of benzene rings is 1. The maximum absolute atomic E-state index is 13.0. The summed E-state index contributed by atoms with van der Waals surface area (Å²) in [6, 6.07) is 7.57. The van der Waals surface area contributed by atoms with Crippen LogP contribution in [0.3, 0.4) is 0 Å². The Morgan fingerprint density at radius 3 is 2.76 bits per heavy atom. The first-order valence-electron chi connectivity index (χ1n) is 12.3. The minimum atomic E-state index is -0.912. The fraction of sp³-hybridized carbons (Fsp3) is 0.519. The monoisotopic (exact) mass is 448 g/mol. The van der Waals surface area contributed by atoms with Crippen molar-refractivity contribution in [3.63, 3.8) is 0 Å². The highest BCUT2D eigenvalue weighted by Crippen LogP contribution is 2.56. The van der Waals surface area contributed by atoms with Gasteiger partial charge in [0.1, 0.15) is 5.75 Å². The summed E-state index contributed by atoms with van der Waals surface area (Å²) in [5.41, 5.74) is 1.84. The molecule has 0 radical (unpaired) electrons. The van der Waals surface area contributed by atoms with Crippen molar-refractivity contribution in [3.8, 4) is 5.75 Å². The first-order valence-corrected chi connectivity index (χ1v) is 12.3. The van der Waals surface area contributed by atoms with Crippen molar-refractivity contribution in [2.24, 2.45) is 5.92 Å². The van der Waals surface area contributed by atoms with Gasteiger partial charge in [-0.1, -0.05) is 6.07 Å². The molecule has 1 saturated carbocycles. The molecule has 0 spiro atoms. The Balaban J connectivity index is 1.34. The smallest absolute Gasteiger partial charge is 0.246 e. The van der Waals surface area contributed by atoms with Crippen LogP contribution >= 0.6 is 0 Å². The Morgan fingerprint density at radius 1 is 1.15 bits per heavy atom. The Bertz CT molecular complexity index is 1080. The largest absolute Gasteiger partial charge is 0.508 e. The summed E-state index contributed by atoms with van der Waals surface area (Å²) in [6.45, 7) is 3.16. The molecule has 1 aromatic carbocycles. The van der Waals surface area contributed by atoms with Gasteiger partial charge < -0.3 is 19.5 Å². The summed E-state index contributed by atoms with van der Waals surface area (Å²) < 4.78 is 5.09. The lowest BCUT2D eigenvalue weighted by atomic mass is 9.52. The van der Waals surface area contributed by atoms with Gasteiger partial charge in [-0.25, -0.2) is 0 Å². The van der Waals surface area contributed by atoms with Gasteiger partial charge in [0.25, 0.3) is 0 Å². The van der Waals surface area contributed by atoms with Crippen molar-refractivity contribution >= 4 is 12.0 Å². The molecular formula is C27H32N2O4. The Kier molecular flexibility index (Phi) is 4.93. The van der Waals surface area contributed by atoms with Gasteiger partial charge in [0.15, 0.2) is 0 Å². The number of rotatable bonds is 4. The number of phenolic OH excluding ortho intramolecular Hbond substituents is 1. The fourth-order valence-electron chi connectivity index (χ4n) is 6.73. The molecule has 174 valence electrons. The van der Waals surface area contributed by atoms with Gasteiger partial charge >= 0.3 is 0 Å². The number of hydrogen-bond donors (Lipinski definition) is 2. The van der Waals surface area contributed by atoms with Crippen LogP contribution in [0.15, 0.2) is 47.3 Å². The van der Waals surface area contributed by atoms with E-state index in [2.05, 4.69) is 4.90 Å². The average Bonchev–Trinajstić information content (AvgIpc) is 3.50. The first kappa shape index (κ1) is 21.0. The number of amides is 1. The average molecular weight is 449 g/mol. The number of phenols is 1. The Morgan fingerprint density at radius 2 is 1.97 bits per heavy atom. The van der Waals surface area contributed by atoms with Gasteiger partial charge in [0.2, 0.25) is 5.91 Å². The standard InChI is InChI=1S/C27H32N2O4/c30-22-5-4-21-15-24-27(32)10-13-28(25(31)6-3-20-7-14-33-18-20)11-8-26(27,23(21)16-22)9-12-29(24)17-19-1-2-19/h3-7,14,16,18-19,24,30,32H,1-2,8-13,15,17H2/b6-3+. The molecule has 1 aromatic heterocycles. The molecule has 3 heterocycles. The second-order valence-electron chi connectivity index (χ2n) is 10.5. The number of furan rings is 1. The maximum Gasteiger partial charge on any atom is 0.246 e. The molecule has 4 aliphatic rings. The molecule has 1 amide bonds. The van der Waals surface area contributed by atoms with E-state index in [1.165, 1.54) is 18.4 Å².